The number of carbonyl (C=O) groups is 2. The molecule has 0 aliphatic carbocycles. The molecule has 22 heavy (non-hydrogen) atoms. The van der Waals surface area contributed by atoms with E-state index in [1.165, 1.54) is 6.20 Å². The second-order valence-corrected chi connectivity index (χ2v) is 4.38. The number of hydrogen-bond acceptors (Lipinski definition) is 6. The number of pyridine rings is 1. The molecule has 2 rings (SSSR count). The van der Waals surface area contributed by atoms with E-state index in [9.17, 15) is 14.4 Å². The summed E-state index contributed by atoms with van der Waals surface area (Å²) in [7, 11) is 0. The number of rotatable bonds is 5. The summed E-state index contributed by atoms with van der Waals surface area (Å²) in [4.78, 5) is 38.9. The molecule has 0 radical (unpaired) electrons. The van der Waals surface area contributed by atoms with Crippen LogP contribution in [0.5, 0.6) is 0 Å². The van der Waals surface area contributed by atoms with E-state index in [1.807, 2.05) is 6.92 Å². The van der Waals surface area contributed by atoms with Gasteiger partial charge in [-0.15, -0.1) is 0 Å². The minimum absolute atomic E-state index is 0.120. The highest BCUT2D eigenvalue weighted by Crippen LogP contribution is 2.11. The highest BCUT2D eigenvalue weighted by atomic mass is 16.5. The topological polar surface area (TPSA) is 119 Å². The number of amides is 3. The first-order valence-electron chi connectivity index (χ1n) is 6.67. The molecule has 0 unspecified atom stereocenters. The van der Waals surface area contributed by atoms with Crippen molar-refractivity contribution in [2.24, 2.45) is 0 Å². The SMILES string of the molecule is CCCNC(=O)NC(=O)Cn1c(-c2ccccn2)noc1=O. The van der Waals surface area contributed by atoms with Gasteiger partial charge in [0.25, 0.3) is 0 Å². The molecular formula is C13H15N5O4. The standard InChI is InChI=1S/C13H15N5O4/c1-2-6-15-12(20)16-10(19)8-18-11(17-22-13(18)21)9-5-3-4-7-14-9/h3-5,7H,2,6,8H2,1H3,(H2,15,16,19,20). The average molecular weight is 305 g/mol. The van der Waals surface area contributed by atoms with E-state index in [1.54, 1.807) is 18.2 Å². The van der Waals surface area contributed by atoms with Crippen molar-refractivity contribution in [3.05, 3.63) is 34.9 Å². The maximum absolute atomic E-state index is 11.8. The predicted octanol–water partition coefficient (Wildman–Crippen LogP) is 0.134. The molecule has 2 aromatic rings. The van der Waals surface area contributed by atoms with Gasteiger partial charge in [-0.1, -0.05) is 18.1 Å². The van der Waals surface area contributed by atoms with Crippen LogP contribution in [0.25, 0.3) is 11.5 Å². The van der Waals surface area contributed by atoms with Gasteiger partial charge in [0, 0.05) is 12.7 Å². The zero-order valence-corrected chi connectivity index (χ0v) is 11.9. The number of hydrogen-bond donors (Lipinski definition) is 2. The van der Waals surface area contributed by atoms with Crippen LogP contribution in [0.4, 0.5) is 4.79 Å². The summed E-state index contributed by atoms with van der Waals surface area (Å²) in [6.07, 6.45) is 2.27. The lowest BCUT2D eigenvalue weighted by atomic mass is 10.3. The van der Waals surface area contributed by atoms with E-state index in [0.717, 1.165) is 11.0 Å². The van der Waals surface area contributed by atoms with Crippen molar-refractivity contribution in [1.29, 1.82) is 0 Å². The lowest BCUT2D eigenvalue weighted by molar-refractivity contribution is -0.120. The van der Waals surface area contributed by atoms with Crippen LogP contribution in [0.15, 0.2) is 33.7 Å². The van der Waals surface area contributed by atoms with E-state index in [0.29, 0.717) is 12.2 Å². The minimum atomic E-state index is -0.801. The van der Waals surface area contributed by atoms with Crippen molar-refractivity contribution in [3.8, 4) is 11.5 Å². The third kappa shape index (κ3) is 3.78. The second-order valence-electron chi connectivity index (χ2n) is 4.38. The molecule has 2 N–H and O–H groups in total. The molecule has 0 bridgehead atoms. The molecule has 0 atom stereocenters. The maximum atomic E-state index is 11.8. The van der Waals surface area contributed by atoms with Crippen LogP contribution >= 0.6 is 0 Å². The van der Waals surface area contributed by atoms with Gasteiger partial charge in [-0.3, -0.25) is 19.6 Å². The Morgan fingerprint density at radius 1 is 1.36 bits per heavy atom. The Bertz CT molecular complexity index is 707. The lowest BCUT2D eigenvalue weighted by Crippen LogP contribution is -2.42. The van der Waals surface area contributed by atoms with Gasteiger partial charge in [0.2, 0.25) is 11.7 Å². The van der Waals surface area contributed by atoms with Crippen LogP contribution < -0.4 is 16.4 Å². The molecule has 9 nitrogen and oxygen atoms in total. The molecule has 116 valence electrons. The summed E-state index contributed by atoms with van der Waals surface area (Å²) < 4.78 is 5.56. The Hall–Kier alpha value is -2.97. The normalized spacial score (nSPS) is 10.2. The maximum Gasteiger partial charge on any atom is 0.442 e. The van der Waals surface area contributed by atoms with Gasteiger partial charge >= 0.3 is 11.8 Å². The molecule has 0 fully saturated rings. The van der Waals surface area contributed by atoms with E-state index in [-0.39, 0.29) is 5.82 Å². The van der Waals surface area contributed by atoms with Crippen LogP contribution in [0.3, 0.4) is 0 Å². The predicted molar refractivity (Wildman–Crippen MR) is 75.8 cm³/mol. The molecule has 0 aromatic carbocycles. The fraction of sp³-hybridized carbons (Fsp3) is 0.308. The van der Waals surface area contributed by atoms with Crippen molar-refractivity contribution < 1.29 is 14.1 Å². The Labute approximate surface area is 125 Å². The number of urea groups is 1. The molecule has 0 saturated heterocycles. The van der Waals surface area contributed by atoms with Gasteiger partial charge in [-0.05, 0) is 18.6 Å². The third-order valence-corrected chi connectivity index (χ3v) is 2.67. The fourth-order valence-electron chi connectivity index (χ4n) is 1.68. The highest BCUT2D eigenvalue weighted by molar-refractivity contribution is 5.94. The molecule has 2 heterocycles. The molecule has 0 aliphatic heterocycles. The first-order chi connectivity index (χ1) is 10.6. The smallest absolute Gasteiger partial charge is 0.338 e. The van der Waals surface area contributed by atoms with Crippen LogP contribution in [-0.4, -0.2) is 33.2 Å². The molecule has 9 heteroatoms. The summed E-state index contributed by atoms with van der Waals surface area (Å²) in [6.45, 7) is 1.94. The van der Waals surface area contributed by atoms with Crippen LogP contribution in [-0.2, 0) is 11.3 Å². The van der Waals surface area contributed by atoms with Gasteiger partial charge in [-0.2, -0.15) is 0 Å². The third-order valence-electron chi connectivity index (χ3n) is 2.67. The molecule has 0 spiro atoms. The monoisotopic (exact) mass is 305 g/mol. The van der Waals surface area contributed by atoms with E-state index >= 15 is 0 Å². The first kappa shape index (κ1) is 15.4. The van der Waals surface area contributed by atoms with Crippen LogP contribution in [0.1, 0.15) is 13.3 Å². The Balaban J connectivity index is 2.10. The summed E-state index contributed by atoms with van der Waals surface area (Å²) in [5.41, 5.74) is 0.386. The second kappa shape index (κ2) is 7.16. The Kier molecular flexibility index (Phi) is 5.02. The number of imide groups is 1. The number of nitrogens with zero attached hydrogens (tertiary/aromatic N) is 3. The summed E-state index contributed by atoms with van der Waals surface area (Å²) in [5, 5.41) is 8.21. The van der Waals surface area contributed by atoms with Gasteiger partial charge in [0.05, 0.1) is 0 Å². The molecule has 0 saturated carbocycles. The van der Waals surface area contributed by atoms with E-state index < -0.39 is 24.2 Å². The fourth-order valence-corrected chi connectivity index (χ4v) is 1.68. The van der Waals surface area contributed by atoms with Gasteiger partial charge in [0.1, 0.15) is 12.2 Å². The van der Waals surface area contributed by atoms with Crippen molar-refractivity contribution >= 4 is 11.9 Å². The Morgan fingerprint density at radius 3 is 2.86 bits per heavy atom. The van der Waals surface area contributed by atoms with E-state index in [2.05, 4.69) is 25.3 Å². The number of carbonyl (C=O) groups excluding carboxylic acids is 2. The summed E-state index contributed by atoms with van der Waals surface area (Å²) in [5.74, 6) is -1.34. The van der Waals surface area contributed by atoms with Gasteiger partial charge in [-0.25, -0.2) is 14.2 Å². The lowest BCUT2D eigenvalue weighted by Gasteiger charge is -2.06. The average Bonchev–Trinajstić information content (AvgIpc) is 2.87. The molecule has 2 aromatic heterocycles. The van der Waals surface area contributed by atoms with Crippen molar-refractivity contribution in [2.75, 3.05) is 6.54 Å². The van der Waals surface area contributed by atoms with Crippen molar-refractivity contribution in [3.63, 3.8) is 0 Å². The van der Waals surface area contributed by atoms with E-state index in [4.69, 9.17) is 0 Å². The van der Waals surface area contributed by atoms with Gasteiger partial charge in [0.15, 0.2) is 0 Å². The summed E-state index contributed by atoms with van der Waals surface area (Å²) in [6, 6.07) is 4.43. The number of aromatic nitrogens is 3. The zero-order chi connectivity index (χ0) is 15.9. The van der Waals surface area contributed by atoms with Gasteiger partial charge < -0.3 is 5.32 Å². The minimum Gasteiger partial charge on any atom is -0.338 e. The largest absolute Gasteiger partial charge is 0.442 e. The van der Waals surface area contributed by atoms with Crippen molar-refractivity contribution in [2.45, 2.75) is 19.9 Å². The number of nitrogens with one attached hydrogen (secondary N) is 2. The van der Waals surface area contributed by atoms with Crippen molar-refractivity contribution in [1.82, 2.24) is 25.3 Å². The Morgan fingerprint density at radius 2 is 2.18 bits per heavy atom. The summed E-state index contributed by atoms with van der Waals surface area (Å²) >= 11 is 0. The molecule has 3 amide bonds. The zero-order valence-electron chi connectivity index (χ0n) is 11.9. The molecule has 0 aliphatic rings. The molecular weight excluding hydrogens is 290 g/mol. The van der Waals surface area contributed by atoms with Crippen LogP contribution in [0.2, 0.25) is 0 Å². The highest BCUT2D eigenvalue weighted by Gasteiger charge is 2.17. The quantitative estimate of drug-likeness (QED) is 0.810. The van der Waals surface area contributed by atoms with Crippen LogP contribution in [0, 0.1) is 0 Å². The first-order valence-corrected chi connectivity index (χ1v) is 6.67.